The molecule has 0 saturated heterocycles. The Kier molecular flexibility index (Phi) is 3.96. The first-order chi connectivity index (χ1) is 10.2. The van der Waals surface area contributed by atoms with Gasteiger partial charge in [-0.05, 0) is 55.0 Å². The second kappa shape index (κ2) is 6.04. The van der Waals surface area contributed by atoms with Crippen molar-refractivity contribution < 1.29 is 9.84 Å². The fourth-order valence-corrected chi connectivity index (χ4v) is 2.72. The molecule has 2 aromatic rings. The van der Waals surface area contributed by atoms with Crippen molar-refractivity contribution in [3.05, 3.63) is 76.6 Å². The number of aromatic hydroxyl groups is 1. The summed E-state index contributed by atoms with van der Waals surface area (Å²) >= 11 is 0. The summed E-state index contributed by atoms with van der Waals surface area (Å²) in [5.41, 5.74) is 4.58. The number of hydrogen-bond acceptors (Lipinski definition) is 2. The standard InChI is InChI=1S/C19H20O2/c1-14-7-10-18-17(13-21-14)11-16(12-19(18)20)9-8-15-5-3-2-4-6-15/h2-7,11-12,20H,8-10,13H2,1H3. The van der Waals surface area contributed by atoms with Crippen LogP contribution in [0.15, 0.2) is 54.3 Å². The molecule has 3 rings (SSSR count). The number of phenols is 1. The lowest BCUT2D eigenvalue weighted by Crippen LogP contribution is -1.98. The van der Waals surface area contributed by atoms with Gasteiger partial charge in [0.1, 0.15) is 12.4 Å². The number of rotatable bonds is 3. The van der Waals surface area contributed by atoms with E-state index in [-0.39, 0.29) is 0 Å². The topological polar surface area (TPSA) is 29.5 Å². The van der Waals surface area contributed by atoms with E-state index in [2.05, 4.69) is 30.3 Å². The molecule has 108 valence electrons. The van der Waals surface area contributed by atoms with E-state index in [0.29, 0.717) is 12.4 Å². The lowest BCUT2D eigenvalue weighted by Gasteiger charge is -2.11. The molecule has 0 amide bonds. The van der Waals surface area contributed by atoms with Gasteiger partial charge in [0, 0.05) is 5.56 Å². The van der Waals surface area contributed by atoms with Gasteiger partial charge in [-0.3, -0.25) is 0 Å². The van der Waals surface area contributed by atoms with E-state index in [1.165, 1.54) is 11.1 Å². The molecule has 1 N–H and O–H groups in total. The maximum Gasteiger partial charge on any atom is 0.119 e. The molecule has 1 aliphatic heterocycles. The van der Waals surface area contributed by atoms with Gasteiger partial charge >= 0.3 is 0 Å². The monoisotopic (exact) mass is 280 g/mol. The summed E-state index contributed by atoms with van der Waals surface area (Å²) in [6.45, 7) is 2.50. The van der Waals surface area contributed by atoms with Crippen LogP contribution in [0.2, 0.25) is 0 Å². The predicted molar refractivity (Wildman–Crippen MR) is 84.2 cm³/mol. The summed E-state index contributed by atoms with van der Waals surface area (Å²) in [4.78, 5) is 0. The number of benzene rings is 2. The van der Waals surface area contributed by atoms with Crippen LogP contribution in [-0.2, 0) is 30.6 Å². The summed E-state index contributed by atoms with van der Waals surface area (Å²) < 4.78 is 5.65. The van der Waals surface area contributed by atoms with Crippen LogP contribution >= 0.6 is 0 Å². The molecule has 2 aromatic carbocycles. The molecular formula is C19H20O2. The number of phenolic OH excluding ortho intramolecular Hbond substituents is 1. The zero-order valence-electron chi connectivity index (χ0n) is 12.3. The van der Waals surface area contributed by atoms with Crippen LogP contribution in [0.5, 0.6) is 5.75 Å². The van der Waals surface area contributed by atoms with Crippen LogP contribution in [0.25, 0.3) is 0 Å². The van der Waals surface area contributed by atoms with Crippen LogP contribution < -0.4 is 0 Å². The Morgan fingerprint density at radius 1 is 1.05 bits per heavy atom. The number of fused-ring (bicyclic) bond motifs is 1. The van der Waals surface area contributed by atoms with Gasteiger partial charge in [0.25, 0.3) is 0 Å². The van der Waals surface area contributed by atoms with E-state index in [9.17, 15) is 5.11 Å². The van der Waals surface area contributed by atoms with E-state index in [4.69, 9.17) is 4.74 Å². The van der Waals surface area contributed by atoms with Crippen molar-refractivity contribution in [2.24, 2.45) is 0 Å². The van der Waals surface area contributed by atoms with E-state index in [1.807, 2.05) is 25.1 Å². The zero-order valence-corrected chi connectivity index (χ0v) is 12.3. The fourth-order valence-electron chi connectivity index (χ4n) is 2.72. The Balaban J connectivity index is 1.78. The van der Waals surface area contributed by atoms with Crippen molar-refractivity contribution in [1.29, 1.82) is 0 Å². The van der Waals surface area contributed by atoms with Crippen molar-refractivity contribution in [1.82, 2.24) is 0 Å². The van der Waals surface area contributed by atoms with Crippen LogP contribution in [-0.4, -0.2) is 5.11 Å². The highest BCUT2D eigenvalue weighted by molar-refractivity contribution is 5.45. The molecule has 0 fully saturated rings. The number of hydrogen-bond donors (Lipinski definition) is 1. The summed E-state index contributed by atoms with van der Waals surface area (Å²) in [6.07, 6.45) is 4.68. The quantitative estimate of drug-likeness (QED) is 0.915. The van der Waals surface area contributed by atoms with Gasteiger partial charge in [-0.15, -0.1) is 0 Å². The third kappa shape index (κ3) is 3.27. The summed E-state index contributed by atoms with van der Waals surface area (Å²) in [5.74, 6) is 1.32. The summed E-state index contributed by atoms with van der Waals surface area (Å²) in [6, 6.07) is 14.5. The fraction of sp³-hybridized carbons (Fsp3) is 0.263. The van der Waals surface area contributed by atoms with Crippen molar-refractivity contribution >= 4 is 0 Å². The molecule has 0 aromatic heterocycles. The molecule has 2 nitrogen and oxygen atoms in total. The Morgan fingerprint density at radius 3 is 2.62 bits per heavy atom. The van der Waals surface area contributed by atoms with E-state index in [0.717, 1.165) is 36.1 Å². The van der Waals surface area contributed by atoms with Crippen molar-refractivity contribution in [3.63, 3.8) is 0 Å². The van der Waals surface area contributed by atoms with Gasteiger partial charge in [-0.2, -0.15) is 0 Å². The lowest BCUT2D eigenvalue weighted by atomic mass is 9.97. The maximum atomic E-state index is 10.3. The van der Waals surface area contributed by atoms with Crippen LogP contribution in [0.1, 0.15) is 29.2 Å². The van der Waals surface area contributed by atoms with Crippen LogP contribution in [0, 0.1) is 0 Å². The van der Waals surface area contributed by atoms with Crippen molar-refractivity contribution in [2.45, 2.75) is 32.8 Å². The number of aryl methyl sites for hydroxylation is 2. The third-order valence-corrected chi connectivity index (χ3v) is 3.97. The first-order valence-corrected chi connectivity index (χ1v) is 7.39. The van der Waals surface area contributed by atoms with Gasteiger partial charge in [0.2, 0.25) is 0 Å². The average molecular weight is 280 g/mol. The van der Waals surface area contributed by atoms with Crippen LogP contribution in [0.4, 0.5) is 0 Å². The predicted octanol–water partition coefficient (Wildman–Crippen LogP) is 4.15. The highest BCUT2D eigenvalue weighted by atomic mass is 16.5. The molecule has 21 heavy (non-hydrogen) atoms. The Hall–Kier alpha value is -2.22. The molecule has 0 aliphatic carbocycles. The molecule has 0 bridgehead atoms. The van der Waals surface area contributed by atoms with E-state index < -0.39 is 0 Å². The molecule has 0 saturated carbocycles. The summed E-state index contributed by atoms with van der Waals surface area (Å²) in [7, 11) is 0. The summed E-state index contributed by atoms with van der Waals surface area (Å²) in [5, 5.41) is 10.3. The van der Waals surface area contributed by atoms with Crippen LogP contribution in [0.3, 0.4) is 0 Å². The van der Waals surface area contributed by atoms with Gasteiger partial charge in [0.05, 0.1) is 5.76 Å². The molecule has 1 aliphatic rings. The SMILES string of the molecule is CC1=CCc2c(O)cc(CCc3ccccc3)cc2CO1. The highest BCUT2D eigenvalue weighted by Crippen LogP contribution is 2.28. The number of ether oxygens (including phenoxy) is 1. The first-order valence-electron chi connectivity index (χ1n) is 7.39. The molecule has 0 unspecified atom stereocenters. The normalized spacial score (nSPS) is 13.9. The van der Waals surface area contributed by atoms with Gasteiger partial charge in [0.15, 0.2) is 0 Å². The average Bonchev–Trinajstić information content (AvgIpc) is 2.69. The molecule has 0 radical (unpaired) electrons. The Labute approximate surface area is 125 Å². The minimum absolute atomic E-state index is 0.394. The Morgan fingerprint density at radius 2 is 1.81 bits per heavy atom. The van der Waals surface area contributed by atoms with E-state index >= 15 is 0 Å². The zero-order chi connectivity index (χ0) is 14.7. The molecular weight excluding hydrogens is 260 g/mol. The molecule has 2 heteroatoms. The number of allylic oxidation sites excluding steroid dienone is 2. The molecule has 0 atom stereocenters. The first kappa shape index (κ1) is 13.7. The molecule has 0 spiro atoms. The second-order valence-electron chi connectivity index (χ2n) is 5.55. The highest BCUT2D eigenvalue weighted by Gasteiger charge is 2.13. The maximum absolute atomic E-state index is 10.3. The van der Waals surface area contributed by atoms with Gasteiger partial charge in [-0.1, -0.05) is 36.4 Å². The van der Waals surface area contributed by atoms with Gasteiger partial charge in [-0.25, -0.2) is 0 Å². The minimum Gasteiger partial charge on any atom is -0.508 e. The van der Waals surface area contributed by atoms with Crippen molar-refractivity contribution in [2.75, 3.05) is 0 Å². The van der Waals surface area contributed by atoms with Gasteiger partial charge < -0.3 is 9.84 Å². The smallest absolute Gasteiger partial charge is 0.119 e. The lowest BCUT2D eigenvalue weighted by molar-refractivity contribution is 0.202. The minimum atomic E-state index is 0.394. The Bertz CT molecular complexity index is 657. The second-order valence-corrected chi connectivity index (χ2v) is 5.55. The largest absolute Gasteiger partial charge is 0.508 e. The van der Waals surface area contributed by atoms with E-state index in [1.54, 1.807) is 0 Å². The molecule has 1 heterocycles. The third-order valence-electron chi connectivity index (χ3n) is 3.97. The van der Waals surface area contributed by atoms with Crippen molar-refractivity contribution in [3.8, 4) is 5.75 Å².